The second-order valence-electron chi connectivity index (χ2n) is 4.79. The van der Waals surface area contributed by atoms with Crippen LogP contribution in [0.25, 0.3) is 0 Å². The van der Waals surface area contributed by atoms with E-state index in [1.54, 1.807) is 0 Å². The topological polar surface area (TPSA) is 45.2 Å². The van der Waals surface area contributed by atoms with Crippen LogP contribution >= 0.6 is 0 Å². The maximum absolute atomic E-state index is 8.86. The van der Waals surface area contributed by atoms with Gasteiger partial charge >= 0.3 is 0 Å². The molecular weight excluding hydrogens is 188 g/mol. The standard InChI is InChI=1S/C12H20N2O/c1-9-10(7-8-15)5-6-11(13-9)14-12(2,3)4/h5-6,15H,7-8H2,1-4H3,(H,13,14). The highest BCUT2D eigenvalue weighted by molar-refractivity contribution is 5.40. The highest BCUT2D eigenvalue weighted by Crippen LogP contribution is 2.15. The van der Waals surface area contributed by atoms with E-state index < -0.39 is 0 Å². The molecule has 0 amide bonds. The zero-order valence-corrected chi connectivity index (χ0v) is 9.96. The van der Waals surface area contributed by atoms with Crippen molar-refractivity contribution in [2.24, 2.45) is 0 Å². The first kappa shape index (κ1) is 12.0. The van der Waals surface area contributed by atoms with Crippen LogP contribution < -0.4 is 5.32 Å². The molecule has 84 valence electrons. The molecule has 0 saturated carbocycles. The molecule has 3 nitrogen and oxygen atoms in total. The molecular formula is C12H20N2O. The third kappa shape index (κ3) is 3.88. The SMILES string of the molecule is Cc1nc(NC(C)(C)C)ccc1CCO. The molecule has 1 rings (SSSR count). The number of aliphatic hydroxyl groups is 1. The van der Waals surface area contributed by atoms with Crippen molar-refractivity contribution in [3.8, 4) is 0 Å². The van der Waals surface area contributed by atoms with Crippen molar-refractivity contribution in [1.29, 1.82) is 0 Å². The molecule has 0 unspecified atom stereocenters. The maximum atomic E-state index is 8.86. The van der Waals surface area contributed by atoms with Gasteiger partial charge in [-0.15, -0.1) is 0 Å². The second-order valence-corrected chi connectivity index (χ2v) is 4.79. The van der Waals surface area contributed by atoms with Crippen LogP contribution in [-0.2, 0) is 6.42 Å². The van der Waals surface area contributed by atoms with E-state index >= 15 is 0 Å². The molecule has 3 heteroatoms. The zero-order chi connectivity index (χ0) is 11.5. The molecule has 0 spiro atoms. The van der Waals surface area contributed by atoms with Gasteiger partial charge in [0.15, 0.2) is 0 Å². The van der Waals surface area contributed by atoms with Crippen LogP contribution in [0.5, 0.6) is 0 Å². The molecule has 0 aliphatic rings. The third-order valence-corrected chi connectivity index (χ3v) is 2.08. The van der Waals surface area contributed by atoms with Crippen LogP contribution in [0.15, 0.2) is 12.1 Å². The highest BCUT2D eigenvalue weighted by Gasteiger charge is 2.10. The summed E-state index contributed by atoms with van der Waals surface area (Å²) in [4.78, 5) is 4.45. The van der Waals surface area contributed by atoms with Gasteiger partial charge in [-0.25, -0.2) is 4.98 Å². The molecule has 0 aliphatic heterocycles. The van der Waals surface area contributed by atoms with Gasteiger partial charge in [0.2, 0.25) is 0 Å². The number of anilines is 1. The number of aryl methyl sites for hydroxylation is 1. The largest absolute Gasteiger partial charge is 0.396 e. The van der Waals surface area contributed by atoms with Crippen LogP contribution in [0.4, 0.5) is 5.82 Å². The van der Waals surface area contributed by atoms with Crippen LogP contribution in [0.1, 0.15) is 32.0 Å². The number of nitrogens with one attached hydrogen (secondary N) is 1. The van der Waals surface area contributed by atoms with E-state index in [0.29, 0.717) is 6.42 Å². The lowest BCUT2D eigenvalue weighted by atomic mass is 10.1. The van der Waals surface area contributed by atoms with Crippen molar-refractivity contribution >= 4 is 5.82 Å². The minimum absolute atomic E-state index is 0.0257. The Morgan fingerprint density at radius 1 is 1.33 bits per heavy atom. The summed E-state index contributed by atoms with van der Waals surface area (Å²) in [6, 6.07) is 3.98. The summed E-state index contributed by atoms with van der Waals surface area (Å²) >= 11 is 0. The summed E-state index contributed by atoms with van der Waals surface area (Å²) in [6.07, 6.45) is 0.675. The summed E-state index contributed by atoms with van der Waals surface area (Å²) in [5.41, 5.74) is 2.12. The number of aromatic nitrogens is 1. The first-order valence-corrected chi connectivity index (χ1v) is 5.28. The average Bonchev–Trinajstić information content (AvgIpc) is 2.07. The van der Waals surface area contributed by atoms with Crippen molar-refractivity contribution in [3.05, 3.63) is 23.4 Å². The van der Waals surface area contributed by atoms with Crippen molar-refractivity contribution in [2.45, 2.75) is 39.7 Å². The molecule has 15 heavy (non-hydrogen) atoms. The van der Waals surface area contributed by atoms with E-state index in [1.165, 1.54) is 0 Å². The number of aliphatic hydroxyl groups excluding tert-OH is 1. The van der Waals surface area contributed by atoms with Gasteiger partial charge < -0.3 is 10.4 Å². The predicted molar refractivity (Wildman–Crippen MR) is 63.1 cm³/mol. The van der Waals surface area contributed by atoms with Gasteiger partial charge in [0.25, 0.3) is 0 Å². The summed E-state index contributed by atoms with van der Waals surface area (Å²) in [5, 5.41) is 12.2. The molecule has 1 heterocycles. The smallest absolute Gasteiger partial charge is 0.126 e. The van der Waals surface area contributed by atoms with Crippen molar-refractivity contribution < 1.29 is 5.11 Å². The summed E-state index contributed by atoms with van der Waals surface area (Å²) in [7, 11) is 0. The Morgan fingerprint density at radius 2 is 2.00 bits per heavy atom. The first-order valence-electron chi connectivity index (χ1n) is 5.28. The Kier molecular flexibility index (Phi) is 3.69. The minimum Gasteiger partial charge on any atom is -0.396 e. The van der Waals surface area contributed by atoms with Gasteiger partial charge in [-0.1, -0.05) is 6.07 Å². The summed E-state index contributed by atoms with van der Waals surface area (Å²) in [6.45, 7) is 8.45. The van der Waals surface area contributed by atoms with Gasteiger partial charge in [0, 0.05) is 17.8 Å². The molecule has 0 bridgehead atoms. The molecule has 0 atom stereocenters. The van der Waals surface area contributed by atoms with Crippen LogP contribution in [-0.4, -0.2) is 22.2 Å². The molecule has 0 fully saturated rings. The van der Waals surface area contributed by atoms with E-state index in [2.05, 4.69) is 31.1 Å². The van der Waals surface area contributed by atoms with Crippen LogP contribution in [0.3, 0.4) is 0 Å². The lowest BCUT2D eigenvalue weighted by molar-refractivity contribution is 0.299. The monoisotopic (exact) mass is 208 g/mol. The Morgan fingerprint density at radius 3 is 2.47 bits per heavy atom. The number of hydrogen-bond acceptors (Lipinski definition) is 3. The third-order valence-electron chi connectivity index (χ3n) is 2.08. The minimum atomic E-state index is 0.0257. The number of nitrogens with zero attached hydrogens (tertiary/aromatic N) is 1. The quantitative estimate of drug-likeness (QED) is 0.800. The lowest BCUT2D eigenvalue weighted by Crippen LogP contribution is -2.26. The lowest BCUT2D eigenvalue weighted by Gasteiger charge is -2.21. The molecule has 0 saturated heterocycles. The van der Waals surface area contributed by atoms with Crippen LogP contribution in [0.2, 0.25) is 0 Å². The number of rotatable bonds is 3. The Labute approximate surface area is 91.5 Å². The second kappa shape index (κ2) is 4.62. The van der Waals surface area contributed by atoms with E-state index in [1.807, 2.05) is 19.1 Å². The molecule has 0 aromatic carbocycles. The first-order chi connectivity index (χ1) is 6.92. The van der Waals surface area contributed by atoms with Crippen molar-refractivity contribution in [1.82, 2.24) is 4.98 Å². The highest BCUT2D eigenvalue weighted by atomic mass is 16.2. The fraction of sp³-hybridized carbons (Fsp3) is 0.583. The van der Waals surface area contributed by atoms with Crippen molar-refractivity contribution in [3.63, 3.8) is 0 Å². The zero-order valence-electron chi connectivity index (χ0n) is 9.96. The maximum Gasteiger partial charge on any atom is 0.126 e. The van der Waals surface area contributed by atoms with Crippen molar-refractivity contribution in [2.75, 3.05) is 11.9 Å². The Bertz CT molecular complexity index is 329. The Hall–Kier alpha value is -1.09. The fourth-order valence-electron chi connectivity index (χ4n) is 1.43. The number of hydrogen-bond donors (Lipinski definition) is 2. The van der Waals surface area contributed by atoms with Gasteiger partial charge in [-0.05, 0) is 45.7 Å². The van der Waals surface area contributed by atoms with E-state index in [-0.39, 0.29) is 12.1 Å². The summed E-state index contributed by atoms with van der Waals surface area (Å²) in [5.74, 6) is 0.890. The Balaban J connectivity index is 2.82. The van der Waals surface area contributed by atoms with E-state index in [0.717, 1.165) is 17.1 Å². The van der Waals surface area contributed by atoms with Gasteiger partial charge in [-0.3, -0.25) is 0 Å². The molecule has 0 radical (unpaired) electrons. The molecule has 1 aromatic heterocycles. The van der Waals surface area contributed by atoms with E-state index in [9.17, 15) is 0 Å². The van der Waals surface area contributed by atoms with Gasteiger partial charge in [0.1, 0.15) is 5.82 Å². The molecule has 0 aliphatic carbocycles. The van der Waals surface area contributed by atoms with Crippen LogP contribution in [0, 0.1) is 6.92 Å². The normalized spacial score (nSPS) is 11.5. The number of pyridine rings is 1. The predicted octanol–water partition coefficient (Wildman–Crippen LogP) is 2.14. The van der Waals surface area contributed by atoms with Gasteiger partial charge in [-0.2, -0.15) is 0 Å². The average molecular weight is 208 g/mol. The fourth-order valence-corrected chi connectivity index (χ4v) is 1.43. The van der Waals surface area contributed by atoms with Gasteiger partial charge in [0.05, 0.1) is 0 Å². The summed E-state index contributed by atoms with van der Waals surface area (Å²) < 4.78 is 0. The molecule has 1 aromatic rings. The van der Waals surface area contributed by atoms with E-state index in [4.69, 9.17) is 5.11 Å². The molecule has 2 N–H and O–H groups in total.